The molecule has 2 fully saturated rings. The van der Waals surface area contributed by atoms with E-state index in [0.717, 1.165) is 30.4 Å². The minimum atomic E-state index is -0.418. The van der Waals surface area contributed by atoms with E-state index in [1.807, 2.05) is 38.1 Å². The number of hydrogen-bond donors (Lipinski definition) is 0. The fourth-order valence-corrected chi connectivity index (χ4v) is 3.78. The average molecular weight is 356 g/mol. The largest absolute Gasteiger partial charge is 0.444 e. The summed E-state index contributed by atoms with van der Waals surface area (Å²) in [4.78, 5) is 14.0. The van der Waals surface area contributed by atoms with Crippen LogP contribution in [0.5, 0.6) is 0 Å². The molecule has 2 unspecified atom stereocenters. The Kier molecular flexibility index (Phi) is 3.76. The number of carbonyl (C=O) groups excluding carboxylic acids is 1. The van der Waals surface area contributed by atoms with Crippen molar-refractivity contribution in [2.75, 3.05) is 13.1 Å². The predicted molar refractivity (Wildman–Crippen MR) is 83.0 cm³/mol. The van der Waals surface area contributed by atoms with Gasteiger partial charge in [0, 0.05) is 19.3 Å². The van der Waals surface area contributed by atoms with Crippen LogP contribution in [-0.2, 0) is 4.74 Å². The summed E-state index contributed by atoms with van der Waals surface area (Å²) in [7, 11) is 0. The van der Waals surface area contributed by atoms with Gasteiger partial charge in [-0.25, -0.2) is 4.79 Å². The van der Waals surface area contributed by atoms with Gasteiger partial charge in [-0.05, 0) is 61.4 Å². The Balaban J connectivity index is 1.58. The first kappa shape index (κ1) is 14.9. The zero-order chi connectivity index (χ0) is 15.2. The number of likely N-dealkylation sites (tertiary alicyclic amines) is 1. The highest BCUT2D eigenvalue weighted by atomic mass is 79.9. The summed E-state index contributed by atoms with van der Waals surface area (Å²) in [6.45, 7) is 7.37. The maximum absolute atomic E-state index is 12.1. The summed E-state index contributed by atoms with van der Waals surface area (Å²) in [6.07, 6.45) is 5.89. The Morgan fingerprint density at radius 1 is 1.33 bits per heavy atom. The number of amides is 1. The van der Waals surface area contributed by atoms with Crippen LogP contribution in [0.15, 0.2) is 16.9 Å². The number of ether oxygens (including phenoxy) is 1. The second-order valence-electron chi connectivity index (χ2n) is 7.17. The highest BCUT2D eigenvalue weighted by Gasteiger charge is 2.44. The van der Waals surface area contributed by atoms with Crippen molar-refractivity contribution in [3.63, 3.8) is 0 Å². The molecular formula is C15H22BrN3O2. The van der Waals surface area contributed by atoms with Crippen molar-refractivity contribution in [3.8, 4) is 0 Å². The predicted octanol–water partition coefficient (Wildman–Crippen LogP) is 3.46. The lowest BCUT2D eigenvalue weighted by Gasteiger charge is -2.25. The van der Waals surface area contributed by atoms with Crippen molar-refractivity contribution < 1.29 is 9.53 Å². The molecular weight excluding hydrogens is 334 g/mol. The number of rotatable bonds is 1. The van der Waals surface area contributed by atoms with Crippen LogP contribution in [0.4, 0.5) is 4.79 Å². The molecule has 0 bridgehead atoms. The third-order valence-electron chi connectivity index (χ3n) is 4.32. The summed E-state index contributed by atoms with van der Waals surface area (Å²) < 4.78 is 8.54. The smallest absolute Gasteiger partial charge is 0.410 e. The minimum absolute atomic E-state index is 0.171. The molecule has 2 atom stereocenters. The molecule has 2 aliphatic rings. The van der Waals surface area contributed by atoms with E-state index in [9.17, 15) is 4.79 Å². The summed E-state index contributed by atoms with van der Waals surface area (Å²) >= 11 is 3.44. The van der Waals surface area contributed by atoms with Crippen LogP contribution in [0.3, 0.4) is 0 Å². The maximum atomic E-state index is 12.1. The van der Waals surface area contributed by atoms with Crippen LogP contribution in [0, 0.1) is 11.8 Å². The van der Waals surface area contributed by atoms with Gasteiger partial charge in [0.25, 0.3) is 0 Å². The first-order valence-corrected chi connectivity index (χ1v) is 8.29. The molecule has 3 rings (SSSR count). The summed E-state index contributed by atoms with van der Waals surface area (Å²) in [5, 5.41) is 4.39. The highest BCUT2D eigenvalue weighted by molar-refractivity contribution is 9.10. The highest BCUT2D eigenvalue weighted by Crippen LogP contribution is 2.44. The van der Waals surface area contributed by atoms with Crippen LogP contribution < -0.4 is 0 Å². The Morgan fingerprint density at radius 2 is 1.95 bits per heavy atom. The standard InChI is InChI=1S/C15H22BrN3O2/c1-15(2,3)21-14(20)18-7-10-4-13(5-11(10)8-18)19-9-12(16)6-17-19/h6,9-11,13H,4-5,7-8H2,1-3H3. The molecule has 1 saturated carbocycles. The molecule has 2 heterocycles. The zero-order valence-electron chi connectivity index (χ0n) is 12.8. The fourth-order valence-electron chi connectivity index (χ4n) is 3.47. The molecule has 1 aliphatic heterocycles. The molecule has 1 saturated heterocycles. The molecule has 1 aromatic heterocycles. The van der Waals surface area contributed by atoms with E-state index in [1.54, 1.807) is 0 Å². The zero-order valence-corrected chi connectivity index (χ0v) is 14.3. The molecule has 6 heteroatoms. The van der Waals surface area contributed by atoms with E-state index in [0.29, 0.717) is 17.9 Å². The first-order valence-electron chi connectivity index (χ1n) is 7.49. The molecule has 1 aromatic rings. The third-order valence-corrected chi connectivity index (χ3v) is 4.73. The number of halogens is 1. The number of aromatic nitrogens is 2. The molecule has 0 spiro atoms. The lowest BCUT2D eigenvalue weighted by molar-refractivity contribution is 0.0277. The van der Waals surface area contributed by atoms with E-state index in [1.165, 1.54) is 0 Å². The van der Waals surface area contributed by atoms with Gasteiger partial charge in [0.2, 0.25) is 0 Å². The van der Waals surface area contributed by atoms with Gasteiger partial charge >= 0.3 is 6.09 Å². The Bertz CT molecular complexity index is 523. The number of carbonyl (C=O) groups is 1. The van der Waals surface area contributed by atoms with Gasteiger partial charge in [0.1, 0.15) is 5.60 Å². The van der Waals surface area contributed by atoms with Gasteiger partial charge < -0.3 is 9.64 Å². The number of nitrogens with zero attached hydrogens (tertiary/aromatic N) is 3. The third kappa shape index (κ3) is 3.25. The Hall–Kier alpha value is -1.04. The molecule has 1 amide bonds. The summed E-state index contributed by atoms with van der Waals surface area (Å²) in [5.41, 5.74) is -0.418. The SMILES string of the molecule is CC(C)(C)OC(=O)N1CC2CC(n3cc(Br)cn3)CC2C1. The van der Waals surface area contributed by atoms with Gasteiger partial charge in [-0.2, -0.15) is 5.10 Å². The molecule has 0 aromatic carbocycles. The first-order chi connectivity index (χ1) is 9.82. The van der Waals surface area contributed by atoms with Crippen LogP contribution >= 0.6 is 15.9 Å². The molecule has 21 heavy (non-hydrogen) atoms. The summed E-state index contributed by atoms with van der Waals surface area (Å²) in [5.74, 6) is 1.15. The van der Waals surface area contributed by atoms with E-state index in [-0.39, 0.29) is 6.09 Å². The van der Waals surface area contributed by atoms with Crippen molar-refractivity contribution >= 4 is 22.0 Å². The van der Waals surface area contributed by atoms with Crippen molar-refractivity contribution in [1.82, 2.24) is 14.7 Å². The van der Waals surface area contributed by atoms with E-state index >= 15 is 0 Å². The van der Waals surface area contributed by atoms with Crippen molar-refractivity contribution in [2.45, 2.75) is 45.3 Å². The van der Waals surface area contributed by atoms with Crippen molar-refractivity contribution in [3.05, 3.63) is 16.9 Å². The van der Waals surface area contributed by atoms with Gasteiger partial charge in [-0.1, -0.05) is 0 Å². The number of hydrogen-bond acceptors (Lipinski definition) is 3. The second-order valence-corrected chi connectivity index (χ2v) is 8.08. The quantitative estimate of drug-likeness (QED) is 0.774. The van der Waals surface area contributed by atoms with E-state index in [4.69, 9.17) is 4.74 Å². The average Bonchev–Trinajstić information content (AvgIpc) is 2.98. The van der Waals surface area contributed by atoms with Gasteiger partial charge in [-0.15, -0.1) is 0 Å². The molecule has 116 valence electrons. The van der Waals surface area contributed by atoms with Crippen LogP contribution in [0.2, 0.25) is 0 Å². The lowest BCUT2D eigenvalue weighted by Crippen LogP contribution is -2.36. The Morgan fingerprint density at radius 3 is 2.43 bits per heavy atom. The van der Waals surface area contributed by atoms with Gasteiger partial charge in [0.15, 0.2) is 0 Å². The molecule has 1 aliphatic carbocycles. The Labute approximate surface area is 133 Å². The second kappa shape index (κ2) is 5.30. The summed E-state index contributed by atoms with van der Waals surface area (Å²) in [6, 6.07) is 0.465. The van der Waals surface area contributed by atoms with Crippen LogP contribution in [0.1, 0.15) is 39.7 Å². The van der Waals surface area contributed by atoms with E-state index in [2.05, 4.69) is 25.7 Å². The lowest BCUT2D eigenvalue weighted by atomic mass is 10.0. The minimum Gasteiger partial charge on any atom is -0.444 e. The fraction of sp³-hybridized carbons (Fsp3) is 0.733. The molecule has 0 radical (unpaired) electrons. The van der Waals surface area contributed by atoms with Gasteiger partial charge in [-0.3, -0.25) is 4.68 Å². The molecule has 0 N–H and O–H groups in total. The van der Waals surface area contributed by atoms with Crippen molar-refractivity contribution in [2.24, 2.45) is 11.8 Å². The van der Waals surface area contributed by atoms with E-state index < -0.39 is 5.60 Å². The number of fused-ring (bicyclic) bond motifs is 1. The van der Waals surface area contributed by atoms with Crippen molar-refractivity contribution in [1.29, 1.82) is 0 Å². The van der Waals surface area contributed by atoms with Crippen LogP contribution in [0.25, 0.3) is 0 Å². The van der Waals surface area contributed by atoms with Crippen LogP contribution in [-0.4, -0.2) is 39.5 Å². The monoisotopic (exact) mass is 355 g/mol. The maximum Gasteiger partial charge on any atom is 0.410 e. The normalized spacial score (nSPS) is 28.8. The molecule has 5 nitrogen and oxygen atoms in total. The topological polar surface area (TPSA) is 47.4 Å². The van der Waals surface area contributed by atoms with Gasteiger partial charge in [0.05, 0.1) is 16.7 Å².